The molecule has 1 saturated carbocycles. The van der Waals surface area contributed by atoms with Crippen LogP contribution in [-0.4, -0.2) is 12.6 Å². The molecule has 0 radical (unpaired) electrons. The molecule has 0 aromatic carbocycles. The molecule has 13 heavy (non-hydrogen) atoms. The molecule has 1 aliphatic rings. The van der Waals surface area contributed by atoms with Crippen molar-refractivity contribution in [2.24, 2.45) is 35.1 Å². The maximum absolute atomic E-state index is 6.12. The van der Waals surface area contributed by atoms with E-state index in [1.807, 2.05) is 0 Å². The van der Waals surface area contributed by atoms with E-state index in [1.54, 1.807) is 0 Å². The van der Waals surface area contributed by atoms with Crippen molar-refractivity contribution >= 4 is 0 Å². The molecule has 1 fully saturated rings. The topological polar surface area (TPSA) is 52.0 Å². The van der Waals surface area contributed by atoms with Crippen molar-refractivity contribution in [1.82, 2.24) is 0 Å². The van der Waals surface area contributed by atoms with Crippen LogP contribution >= 0.6 is 0 Å². The molecule has 4 atom stereocenters. The molecule has 2 heteroatoms. The van der Waals surface area contributed by atoms with Crippen LogP contribution in [0.5, 0.6) is 0 Å². The van der Waals surface area contributed by atoms with E-state index in [4.69, 9.17) is 11.5 Å². The van der Waals surface area contributed by atoms with Gasteiger partial charge in [-0.1, -0.05) is 20.8 Å². The minimum atomic E-state index is 0.370. The fraction of sp³-hybridized carbons (Fsp3) is 1.00. The summed E-state index contributed by atoms with van der Waals surface area (Å²) in [7, 11) is 0. The molecule has 4 N–H and O–H groups in total. The molecule has 0 amide bonds. The van der Waals surface area contributed by atoms with Crippen LogP contribution < -0.4 is 11.5 Å². The second kappa shape index (κ2) is 4.43. The van der Waals surface area contributed by atoms with Crippen molar-refractivity contribution in [2.45, 2.75) is 39.7 Å². The minimum Gasteiger partial charge on any atom is -0.330 e. The Morgan fingerprint density at radius 1 is 1.31 bits per heavy atom. The molecule has 0 unspecified atom stereocenters. The lowest BCUT2D eigenvalue weighted by Gasteiger charge is -2.39. The van der Waals surface area contributed by atoms with Crippen LogP contribution in [0.15, 0.2) is 0 Å². The summed E-state index contributed by atoms with van der Waals surface area (Å²) < 4.78 is 0. The zero-order valence-corrected chi connectivity index (χ0v) is 9.16. The predicted octanol–water partition coefficient (Wildman–Crippen LogP) is 1.59. The lowest BCUT2D eigenvalue weighted by atomic mass is 9.69. The van der Waals surface area contributed by atoms with E-state index < -0.39 is 0 Å². The molecule has 0 aromatic heterocycles. The smallest absolute Gasteiger partial charge is 0.00703 e. The summed E-state index contributed by atoms with van der Waals surface area (Å²) in [5, 5.41) is 0. The van der Waals surface area contributed by atoms with Crippen LogP contribution in [0.1, 0.15) is 33.6 Å². The van der Waals surface area contributed by atoms with Gasteiger partial charge in [-0.3, -0.25) is 0 Å². The van der Waals surface area contributed by atoms with Gasteiger partial charge in [-0.15, -0.1) is 0 Å². The van der Waals surface area contributed by atoms with Gasteiger partial charge in [-0.05, 0) is 43.1 Å². The van der Waals surface area contributed by atoms with Gasteiger partial charge in [-0.2, -0.15) is 0 Å². The van der Waals surface area contributed by atoms with Gasteiger partial charge in [0.05, 0.1) is 0 Å². The van der Waals surface area contributed by atoms with Gasteiger partial charge < -0.3 is 11.5 Å². The Kier molecular flexibility index (Phi) is 3.74. The molecule has 0 aromatic rings. The van der Waals surface area contributed by atoms with Crippen molar-refractivity contribution in [3.8, 4) is 0 Å². The molecule has 1 rings (SSSR count). The van der Waals surface area contributed by atoms with E-state index in [-0.39, 0.29) is 0 Å². The minimum absolute atomic E-state index is 0.370. The quantitative estimate of drug-likeness (QED) is 0.685. The number of nitrogens with two attached hydrogens (primary N) is 2. The third-order valence-electron chi connectivity index (χ3n) is 3.84. The first-order chi connectivity index (χ1) is 6.06. The highest BCUT2D eigenvalue weighted by Gasteiger charge is 2.33. The normalized spacial score (nSPS) is 41.1. The molecule has 0 bridgehead atoms. The van der Waals surface area contributed by atoms with Crippen molar-refractivity contribution < 1.29 is 0 Å². The number of hydrogen-bond acceptors (Lipinski definition) is 2. The predicted molar refractivity (Wildman–Crippen MR) is 57.2 cm³/mol. The summed E-state index contributed by atoms with van der Waals surface area (Å²) in [6.45, 7) is 7.64. The van der Waals surface area contributed by atoms with Gasteiger partial charge in [0.1, 0.15) is 0 Å². The van der Waals surface area contributed by atoms with E-state index in [2.05, 4.69) is 20.8 Å². The fourth-order valence-corrected chi connectivity index (χ4v) is 2.47. The maximum atomic E-state index is 6.12. The van der Waals surface area contributed by atoms with Crippen molar-refractivity contribution in [1.29, 1.82) is 0 Å². The molecule has 78 valence electrons. The summed E-state index contributed by atoms with van der Waals surface area (Å²) in [4.78, 5) is 0. The summed E-state index contributed by atoms with van der Waals surface area (Å²) in [6, 6.07) is 0.370. The van der Waals surface area contributed by atoms with Gasteiger partial charge in [0, 0.05) is 6.04 Å². The van der Waals surface area contributed by atoms with Gasteiger partial charge in [0.25, 0.3) is 0 Å². The Hall–Kier alpha value is -0.0800. The van der Waals surface area contributed by atoms with Crippen LogP contribution in [0, 0.1) is 23.7 Å². The van der Waals surface area contributed by atoms with E-state index in [0.29, 0.717) is 17.9 Å². The zero-order chi connectivity index (χ0) is 10.0. The third-order valence-corrected chi connectivity index (χ3v) is 3.84. The molecule has 0 spiro atoms. The highest BCUT2D eigenvalue weighted by molar-refractivity contribution is 4.87. The van der Waals surface area contributed by atoms with Crippen LogP contribution in [0.25, 0.3) is 0 Å². The average Bonchev–Trinajstić information content (AvgIpc) is 2.09. The zero-order valence-electron chi connectivity index (χ0n) is 9.16. The SMILES string of the molecule is CC(C)[C@H]1C[C@H](CN)[C@H](C)[C@@H](N)C1. The van der Waals surface area contributed by atoms with Crippen LogP contribution in [-0.2, 0) is 0 Å². The molecular weight excluding hydrogens is 160 g/mol. The lowest BCUT2D eigenvalue weighted by molar-refractivity contribution is 0.139. The number of rotatable bonds is 2. The lowest BCUT2D eigenvalue weighted by Crippen LogP contribution is -2.44. The van der Waals surface area contributed by atoms with Gasteiger partial charge in [0.2, 0.25) is 0 Å². The van der Waals surface area contributed by atoms with E-state index in [9.17, 15) is 0 Å². The van der Waals surface area contributed by atoms with Crippen LogP contribution in [0.3, 0.4) is 0 Å². The van der Waals surface area contributed by atoms with E-state index in [0.717, 1.165) is 18.4 Å². The maximum Gasteiger partial charge on any atom is 0.00703 e. The summed E-state index contributed by atoms with van der Waals surface area (Å²) in [5.74, 6) is 2.81. The third kappa shape index (κ3) is 2.44. The fourth-order valence-electron chi connectivity index (χ4n) is 2.47. The average molecular weight is 184 g/mol. The summed E-state index contributed by atoms with van der Waals surface area (Å²) in [6.07, 6.45) is 2.47. The van der Waals surface area contributed by atoms with Crippen molar-refractivity contribution in [2.75, 3.05) is 6.54 Å². The van der Waals surface area contributed by atoms with Crippen molar-refractivity contribution in [3.63, 3.8) is 0 Å². The second-order valence-electron chi connectivity index (χ2n) is 4.99. The Balaban J connectivity index is 2.58. The Labute approximate surface area is 82.1 Å². The Morgan fingerprint density at radius 3 is 2.38 bits per heavy atom. The highest BCUT2D eigenvalue weighted by atomic mass is 14.7. The van der Waals surface area contributed by atoms with Crippen LogP contribution in [0.4, 0.5) is 0 Å². The van der Waals surface area contributed by atoms with Crippen LogP contribution in [0.2, 0.25) is 0 Å². The first kappa shape index (κ1) is 11.0. The number of hydrogen-bond donors (Lipinski definition) is 2. The molecule has 0 saturated heterocycles. The Morgan fingerprint density at radius 2 is 1.92 bits per heavy atom. The second-order valence-corrected chi connectivity index (χ2v) is 4.99. The molecular formula is C11H24N2. The largest absolute Gasteiger partial charge is 0.330 e. The first-order valence-corrected chi connectivity index (χ1v) is 5.51. The van der Waals surface area contributed by atoms with Gasteiger partial charge in [-0.25, -0.2) is 0 Å². The first-order valence-electron chi connectivity index (χ1n) is 5.51. The standard InChI is InChI=1S/C11H24N2/c1-7(2)9-4-10(6-12)8(3)11(13)5-9/h7-11H,4-6,12-13H2,1-3H3/t8-,9-,10+,11-/m0/s1. The molecule has 1 aliphatic carbocycles. The van der Waals surface area contributed by atoms with E-state index in [1.165, 1.54) is 12.8 Å². The Bertz CT molecular complexity index is 156. The highest BCUT2D eigenvalue weighted by Crippen LogP contribution is 2.36. The molecule has 0 aliphatic heterocycles. The summed E-state index contributed by atoms with van der Waals surface area (Å²) >= 11 is 0. The van der Waals surface area contributed by atoms with Gasteiger partial charge >= 0.3 is 0 Å². The molecule has 2 nitrogen and oxygen atoms in total. The monoisotopic (exact) mass is 184 g/mol. The molecule has 0 heterocycles. The summed E-state index contributed by atoms with van der Waals surface area (Å²) in [5.41, 5.74) is 11.9. The van der Waals surface area contributed by atoms with Crippen molar-refractivity contribution in [3.05, 3.63) is 0 Å². The van der Waals surface area contributed by atoms with Gasteiger partial charge in [0.15, 0.2) is 0 Å². The van der Waals surface area contributed by atoms with E-state index >= 15 is 0 Å².